The van der Waals surface area contributed by atoms with Gasteiger partial charge >= 0.3 is 21.7 Å². The fourth-order valence-corrected chi connectivity index (χ4v) is 1.63. The molecule has 0 atom stereocenters. The van der Waals surface area contributed by atoms with Crippen LogP contribution in [0.4, 0.5) is 0 Å². The molecule has 96 valence electrons. The summed E-state index contributed by atoms with van der Waals surface area (Å²) in [6.07, 6.45) is 6.41. The SMILES string of the molecule is CC1=[C-]CC=C1C.[Cl-].[Cl-].[SiH2]Cc1ccccc1.[Ti+3]. The first-order chi connectivity index (χ1) is 7.24. The first-order valence-electron chi connectivity index (χ1n) is 5.31. The summed E-state index contributed by atoms with van der Waals surface area (Å²) in [4.78, 5) is 0. The Kier molecular flexibility index (Phi) is 17.7. The molecule has 0 saturated heterocycles. The van der Waals surface area contributed by atoms with Crippen LogP contribution in [0.1, 0.15) is 25.8 Å². The Labute approximate surface area is 141 Å². The van der Waals surface area contributed by atoms with Gasteiger partial charge in [-0.1, -0.05) is 42.8 Å². The van der Waals surface area contributed by atoms with Gasteiger partial charge in [-0.3, -0.25) is 6.08 Å². The maximum absolute atomic E-state index is 3.19. The number of rotatable bonds is 1. The number of allylic oxidation sites excluding steroid dienone is 4. The van der Waals surface area contributed by atoms with Gasteiger partial charge < -0.3 is 24.8 Å². The first kappa shape index (κ1) is 23.3. The van der Waals surface area contributed by atoms with Crippen LogP contribution in [-0.2, 0) is 27.8 Å². The molecule has 0 heterocycles. The van der Waals surface area contributed by atoms with Crippen LogP contribution in [-0.4, -0.2) is 10.2 Å². The molecule has 0 fully saturated rings. The summed E-state index contributed by atoms with van der Waals surface area (Å²) in [6, 6.07) is 11.6. The fourth-order valence-electron chi connectivity index (χ4n) is 1.29. The van der Waals surface area contributed by atoms with E-state index in [9.17, 15) is 0 Å². The Morgan fingerprint density at radius 1 is 1.11 bits per heavy atom. The van der Waals surface area contributed by atoms with Gasteiger partial charge in [0, 0.05) is 10.2 Å². The summed E-state index contributed by atoms with van der Waals surface area (Å²) in [5.41, 5.74) is 4.13. The van der Waals surface area contributed by atoms with E-state index in [1.54, 1.807) is 0 Å². The van der Waals surface area contributed by atoms with E-state index in [1.165, 1.54) is 22.8 Å². The van der Waals surface area contributed by atoms with Crippen LogP contribution in [0.3, 0.4) is 0 Å². The number of hydrogen-bond donors (Lipinski definition) is 0. The zero-order valence-electron chi connectivity index (χ0n) is 10.8. The zero-order valence-corrected chi connectivity index (χ0v) is 15.3. The van der Waals surface area contributed by atoms with Crippen molar-refractivity contribution in [3.8, 4) is 0 Å². The van der Waals surface area contributed by atoms with Crippen molar-refractivity contribution in [3.05, 3.63) is 59.2 Å². The Morgan fingerprint density at radius 2 is 1.67 bits per heavy atom. The van der Waals surface area contributed by atoms with E-state index in [1.807, 2.05) is 16.3 Å². The van der Waals surface area contributed by atoms with E-state index in [0.717, 1.165) is 6.42 Å². The summed E-state index contributed by atoms with van der Waals surface area (Å²) in [7, 11) is 1.98. The summed E-state index contributed by atoms with van der Waals surface area (Å²) < 4.78 is 0. The minimum atomic E-state index is 0. The molecule has 2 radical (unpaired) electrons. The third-order valence-corrected chi connectivity index (χ3v) is 3.08. The number of hydrogen-bond acceptors (Lipinski definition) is 0. The number of benzene rings is 1. The molecule has 0 saturated carbocycles. The molecular weight excluding hydrogens is 315 g/mol. The van der Waals surface area contributed by atoms with E-state index in [0.29, 0.717) is 0 Å². The second kappa shape index (κ2) is 13.6. The van der Waals surface area contributed by atoms with Crippen LogP contribution < -0.4 is 24.8 Å². The summed E-state index contributed by atoms with van der Waals surface area (Å²) in [5, 5.41) is 0. The van der Waals surface area contributed by atoms with Gasteiger partial charge in [0.15, 0.2) is 0 Å². The quantitative estimate of drug-likeness (QED) is 0.378. The Bertz CT molecular complexity index is 345. The third-order valence-electron chi connectivity index (χ3n) is 2.50. The predicted molar refractivity (Wildman–Crippen MR) is 69.5 cm³/mol. The monoisotopic (exact) mass is 332 g/mol. The molecule has 0 aromatic heterocycles. The topological polar surface area (TPSA) is 0 Å². The average Bonchev–Trinajstić information content (AvgIpc) is 2.65. The normalized spacial score (nSPS) is 11.5. The smallest absolute Gasteiger partial charge is 1.00 e. The molecule has 18 heavy (non-hydrogen) atoms. The van der Waals surface area contributed by atoms with Gasteiger partial charge in [0.1, 0.15) is 0 Å². The molecule has 0 bridgehead atoms. The van der Waals surface area contributed by atoms with Gasteiger partial charge in [0.05, 0.1) is 0 Å². The average molecular weight is 333 g/mol. The summed E-state index contributed by atoms with van der Waals surface area (Å²) in [6.45, 7) is 4.22. The minimum Gasteiger partial charge on any atom is -1.00 e. The molecule has 1 aromatic carbocycles. The molecule has 0 spiro atoms. The summed E-state index contributed by atoms with van der Waals surface area (Å²) >= 11 is 0. The molecule has 1 aliphatic rings. The Hall–Kier alpha value is 0.211. The standard InChI is InChI=1S/C7H9Si.C7H9.2ClH.Ti/c8-6-7-4-2-1-3-5-7;1-6-4-3-5-7(6)2;;;/h1-5H,6,8H2;4H,3H2,1-2H3;2*1H;/q;-1;;;+3/p-2. The van der Waals surface area contributed by atoms with Crippen LogP contribution in [0.15, 0.2) is 47.6 Å². The van der Waals surface area contributed by atoms with Crippen molar-refractivity contribution in [1.29, 1.82) is 0 Å². The van der Waals surface area contributed by atoms with Crippen LogP contribution in [0.25, 0.3) is 0 Å². The second-order valence-electron chi connectivity index (χ2n) is 3.63. The van der Waals surface area contributed by atoms with Gasteiger partial charge in [-0.15, -0.1) is 13.3 Å². The maximum atomic E-state index is 3.19. The Morgan fingerprint density at radius 3 is 1.89 bits per heavy atom. The molecular formula is C14H18Cl2SiTi. The molecule has 0 unspecified atom stereocenters. The maximum Gasteiger partial charge on any atom is 3.00 e. The van der Waals surface area contributed by atoms with Crippen LogP contribution in [0.5, 0.6) is 0 Å². The van der Waals surface area contributed by atoms with Gasteiger partial charge in [-0.2, -0.15) is 6.08 Å². The Balaban J connectivity index is -0.000000215. The molecule has 0 N–H and O–H groups in total. The molecule has 2 rings (SSSR count). The summed E-state index contributed by atoms with van der Waals surface area (Å²) in [5.74, 6) is 0. The first-order valence-corrected chi connectivity index (χ1v) is 6.31. The second-order valence-corrected chi connectivity index (χ2v) is 4.13. The van der Waals surface area contributed by atoms with Crippen molar-refractivity contribution in [2.75, 3.05) is 0 Å². The zero-order chi connectivity index (χ0) is 11.1. The molecule has 0 amide bonds. The van der Waals surface area contributed by atoms with Crippen molar-refractivity contribution >= 4 is 10.2 Å². The van der Waals surface area contributed by atoms with Crippen molar-refractivity contribution < 1.29 is 46.5 Å². The minimum absolute atomic E-state index is 0. The van der Waals surface area contributed by atoms with Gasteiger partial charge in [0.25, 0.3) is 0 Å². The van der Waals surface area contributed by atoms with Gasteiger partial charge in [0.2, 0.25) is 0 Å². The molecule has 0 nitrogen and oxygen atoms in total. The molecule has 1 aliphatic carbocycles. The van der Waals surface area contributed by atoms with Crippen LogP contribution >= 0.6 is 0 Å². The van der Waals surface area contributed by atoms with Crippen molar-refractivity contribution in [3.63, 3.8) is 0 Å². The van der Waals surface area contributed by atoms with E-state index in [-0.39, 0.29) is 46.5 Å². The van der Waals surface area contributed by atoms with E-state index >= 15 is 0 Å². The third kappa shape index (κ3) is 9.18. The number of halogens is 2. The van der Waals surface area contributed by atoms with Crippen molar-refractivity contribution in [2.24, 2.45) is 0 Å². The predicted octanol–water partition coefficient (Wildman–Crippen LogP) is -3.09. The van der Waals surface area contributed by atoms with Crippen molar-refractivity contribution in [2.45, 2.75) is 26.3 Å². The van der Waals surface area contributed by atoms with E-state index in [2.05, 4.69) is 50.3 Å². The fraction of sp³-hybridized carbons (Fsp3) is 0.286. The van der Waals surface area contributed by atoms with Crippen LogP contribution in [0.2, 0.25) is 0 Å². The molecule has 4 heteroatoms. The van der Waals surface area contributed by atoms with Gasteiger partial charge in [-0.05, 0) is 6.04 Å². The van der Waals surface area contributed by atoms with Gasteiger partial charge in [-0.25, -0.2) is 11.1 Å². The van der Waals surface area contributed by atoms with E-state index < -0.39 is 0 Å². The largest absolute Gasteiger partial charge is 3.00 e. The van der Waals surface area contributed by atoms with Crippen molar-refractivity contribution in [1.82, 2.24) is 0 Å². The van der Waals surface area contributed by atoms with E-state index in [4.69, 9.17) is 0 Å². The van der Waals surface area contributed by atoms with Crippen LogP contribution in [0, 0.1) is 6.08 Å². The molecule has 1 aromatic rings. The molecule has 0 aliphatic heterocycles.